The molecular formula is C8H8N2O2. The van der Waals surface area contributed by atoms with E-state index in [1.54, 1.807) is 24.4 Å². The number of carbonyl (C=O) groups excluding carboxylic acids is 1. The van der Waals surface area contributed by atoms with E-state index in [1.165, 1.54) is 13.2 Å². The van der Waals surface area contributed by atoms with Gasteiger partial charge in [0.15, 0.2) is 0 Å². The van der Waals surface area contributed by atoms with Crippen molar-refractivity contribution < 1.29 is 9.53 Å². The summed E-state index contributed by atoms with van der Waals surface area (Å²) in [5.41, 5.74) is 0.628. The third kappa shape index (κ3) is 2.49. The van der Waals surface area contributed by atoms with Gasteiger partial charge in [0, 0.05) is 12.3 Å². The maximum Gasteiger partial charge on any atom is 0.330 e. The first kappa shape index (κ1) is 8.39. The molecule has 0 unspecified atom stereocenters. The van der Waals surface area contributed by atoms with Crippen molar-refractivity contribution in [2.75, 3.05) is 7.11 Å². The van der Waals surface area contributed by atoms with E-state index in [1.807, 2.05) is 0 Å². The predicted octanol–water partition coefficient (Wildman–Crippen LogP) is 0.663. The summed E-state index contributed by atoms with van der Waals surface area (Å²) in [5, 5.41) is 7.38. The van der Waals surface area contributed by atoms with Crippen molar-refractivity contribution in [3.05, 3.63) is 30.1 Å². The number of ether oxygens (including phenoxy) is 1. The SMILES string of the molecule is COC(=O)/C=C/c1cccnn1. The summed E-state index contributed by atoms with van der Waals surface area (Å²) in [6, 6.07) is 3.48. The highest BCUT2D eigenvalue weighted by Crippen LogP contribution is 1.94. The van der Waals surface area contributed by atoms with Crippen molar-refractivity contribution in [3.63, 3.8) is 0 Å². The van der Waals surface area contributed by atoms with Crippen molar-refractivity contribution in [3.8, 4) is 0 Å². The molecule has 1 aromatic rings. The zero-order chi connectivity index (χ0) is 8.81. The van der Waals surface area contributed by atoms with E-state index >= 15 is 0 Å². The monoisotopic (exact) mass is 164 g/mol. The fourth-order valence-electron chi connectivity index (χ4n) is 0.624. The largest absolute Gasteiger partial charge is 0.466 e. The van der Waals surface area contributed by atoms with E-state index in [-0.39, 0.29) is 0 Å². The number of methoxy groups -OCH3 is 1. The highest BCUT2D eigenvalue weighted by Gasteiger charge is 1.91. The fraction of sp³-hybridized carbons (Fsp3) is 0.125. The molecule has 0 bridgehead atoms. The van der Waals surface area contributed by atoms with Gasteiger partial charge in [-0.1, -0.05) is 0 Å². The molecule has 1 rings (SSSR count). The molecule has 1 aromatic heterocycles. The van der Waals surface area contributed by atoms with Crippen LogP contribution < -0.4 is 0 Å². The van der Waals surface area contributed by atoms with Crippen LogP contribution >= 0.6 is 0 Å². The number of hydrogen-bond acceptors (Lipinski definition) is 4. The van der Waals surface area contributed by atoms with E-state index in [9.17, 15) is 4.79 Å². The zero-order valence-electron chi connectivity index (χ0n) is 6.60. The molecule has 0 radical (unpaired) electrons. The lowest BCUT2D eigenvalue weighted by atomic mass is 10.3. The molecule has 0 N–H and O–H groups in total. The van der Waals surface area contributed by atoms with Crippen LogP contribution in [0.15, 0.2) is 24.4 Å². The summed E-state index contributed by atoms with van der Waals surface area (Å²) in [6.07, 6.45) is 4.40. The topological polar surface area (TPSA) is 52.1 Å². The van der Waals surface area contributed by atoms with Gasteiger partial charge < -0.3 is 4.74 Å². The van der Waals surface area contributed by atoms with Gasteiger partial charge in [-0.3, -0.25) is 0 Å². The molecule has 0 spiro atoms. The lowest BCUT2D eigenvalue weighted by Crippen LogP contribution is -1.93. The van der Waals surface area contributed by atoms with Crippen LogP contribution in [-0.2, 0) is 9.53 Å². The average molecular weight is 164 g/mol. The van der Waals surface area contributed by atoms with Crippen LogP contribution in [0.5, 0.6) is 0 Å². The first-order valence-electron chi connectivity index (χ1n) is 3.36. The average Bonchev–Trinajstić information content (AvgIpc) is 2.16. The number of hydrogen-bond donors (Lipinski definition) is 0. The molecule has 0 amide bonds. The lowest BCUT2D eigenvalue weighted by molar-refractivity contribution is -0.134. The molecule has 1 heterocycles. The van der Waals surface area contributed by atoms with E-state index in [0.717, 1.165) is 0 Å². The predicted molar refractivity (Wildman–Crippen MR) is 43.1 cm³/mol. The van der Waals surface area contributed by atoms with Gasteiger partial charge in [0.2, 0.25) is 0 Å². The van der Waals surface area contributed by atoms with Gasteiger partial charge in [-0.15, -0.1) is 0 Å². The van der Waals surface area contributed by atoms with Gasteiger partial charge >= 0.3 is 5.97 Å². The smallest absolute Gasteiger partial charge is 0.330 e. The maximum absolute atomic E-state index is 10.6. The summed E-state index contributed by atoms with van der Waals surface area (Å²) in [6.45, 7) is 0. The quantitative estimate of drug-likeness (QED) is 0.476. The number of carbonyl (C=O) groups is 1. The number of rotatable bonds is 2. The van der Waals surface area contributed by atoms with Crippen LogP contribution in [0.3, 0.4) is 0 Å². The third-order valence-electron chi connectivity index (χ3n) is 1.18. The van der Waals surface area contributed by atoms with Gasteiger partial charge in [0.05, 0.1) is 12.8 Å². The molecule has 0 aromatic carbocycles. The van der Waals surface area contributed by atoms with Gasteiger partial charge in [0.25, 0.3) is 0 Å². The van der Waals surface area contributed by atoms with Crippen molar-refractivity contribution in [2.45, 2.75) is 0 Å². The third-order valence-corrected chi connectivity index (χ3v) is 1.18. The van der Waals surface area contributed by atoms with Gasteiger partial charge in [-0.05, 0) is 18.2 Å². The standard InChI is InChI=1S/C8H8N2O2/c1-12-8(11)5-4-7-3-2-6-9-10-7/h2-6H,1H3/b5-4+. The van der Waals surface area contributed by atoms with E-state index in [0.29, 0.717) is 5.69 Å². The fourth-order valence-corrected chi connectivity index (χ4v) is 0.624. The Balaban J connectivity index is 2.64. The van der Waals surface area contributed by atoms with Crippen molar-refractivity contribution >= 4 is 12.0 Å². The summed E-state index contributed by atoms with van der Waals surface area (Å²) < 4.78 is 4.40. The molecule has 12 heavy (non-hydrogen) atoms. The minimum Gasteiger partial charge on any atom is -0.466 e. The van der Waals surface area contributed by atoms with Crippen LogP contribution in [0.1, 0.15) is 5.69 Å². The van der Waals surface area contributed by atoms with Crippen molar-refractivity contribution in [1.29, 1.82) is 0 Å². The molecule has 62 valence electrons. The molecule has 4 heteroatoms. The molecular weight excluding hydrogens is 156 g/mol. The first-order chi connectivity index (χ1) is 5.83. The molecule has 0 atom stereocenters. The van der Waals surface area contributed by atoms with Gasteiger partial charge in [0.1, 0.15) is 0 Å². The molecule has 0 aliphatic heterocycles. The minimum absolute atomic E-state index is 0.402. The Hall–Kier alpha value is -1.71. The molecule has 0 aliphatic rings. The summed E-state index contributed by atoms with van der Waals surface area (Å²) in [7, 11) is 1.32. The molecule has 0 aliphatic carbocycles. The summed E-state index contributed by atoms with van der Waals surface area (Å²) in [5.74, 6) is -0.402. The second kappa shape index (κ2) is 4.23. The molecule has 0 saturated carbocycles. The highest BCUT2D eigenvalue weighted by molar-refractivity contribution is 5.86. The Kier molecular flexibility index (Phi) is 2.95. The maximum atomic E-state index is 10.6. The van der Waals surface area contributed by atoms with E-state index < -0.39 is 5.97 Å². The first-order valence-corrected chi connectivity index (χ1v) is 3.36. The van der Waals surface area contributed by atoms with Crippen molar-refractivity contribution in [2.24, 2.45) is 0 Å². The van der Waals surface area contributed by atoms with Crippen molar-refractivity contribution in [1.82, 2.24) is 10.2 Å². The number of esters is 1. The number of nitrogens with zero attached hydrogens (tertiary/aromatic N) is 2. The number of aromatic nitrogens is 2. The summed E-state index contributed by atoms with van der Waals surface area (Å²) in [4.78, 5) is 10.6. The van der Waals surface area contributed by atoms with Crippen LogP contribution in [0.4, 0.5) is 0 Å². The van der Waals surface area contributed by atoms with E-state index in [4.69, 9.17) is 0 Å². The van der Waals surface area contributed by atoms with Crippen LogP contribution in [0.25, 0.3) is 6.08 Å². The van der Waals surface area contributed by atoms with Gasteiger partial charge in [-0.2, -0.15) is 10.2 Å². The Labute approximate surface area is 69.9 Å². The molecule has 0 fully saturated rings. The Morgan fingerprint density at radius 3 is 3.08 bits per heavy atom. The Morgan fingerprint density at radius 1 is 1.67 bits per heavy atom. The lowest BCUT2D eigenvalue weighted by Gasteiger charge is -1.89. The summed E-state index contributed by atoms with van der Waals surface area (Å²) >= 11 is 0. The van der Waals surface area contributed by atoms with E-state index in [2.05, 4.69) is 14.9 Å². The van der Waals surface area contributed by atoms with Crippen LogP contribution in [-0.4, -0.2) is 23.3 Å². The van der Waals surface area contributed by atoms with Gasteiger partial charge in [-0.25, -0.2) is 4.79 Å². The Morgan fingerprint density at radius 2 is 2.50 bits per heavy atom. The Bertz CT molecular complexity index is 282. The van der Waals surface area contributed by atoms with Crippen LogP contribution in [0, 0.1) is 0 Å². The normalized spacial score (nSPS) is 10.1. The second-order valence-electron chi connectivity index (χ2n) is 2.01. The van der Waals surface area contributed by atoms with Crippen LogP contribution in [0.2, 0.25) is 0 Å². The highest BCUT2D eigenvalue weighted by atomic mass is 16.5. The molecule has 0 saturated heterocycles. The molecule has 4 nitrogen and oxygen atoms in total. The second-order valence-corrected chi connectivity index (χ2v) is 2.01. The minimum atomic E-state index is -0.402. The zero-order valence-corrected chi connectivity index (χ0v) is 6.60.